The number of nitrogens with two attached hydrogens (primary N) is 1. The Labute approximate surface area is 89.6 Å². The molecule has 0 bridgehead atoms. The van der Waals surface area contributed by atoms with Crippen LogP contribution >= 0.6 is 0 Å². The maximum absolute atomic E-state index is 5.58. The first-order valence-electron chi connectivity index (χ1n) is 4.99. The van der Waals surface area contributed by atoms with Crippen molar-refractivity contribution in [1.82, 2.24) is 9.55 Å². The van der Waals surface area contributed by atoms with E-state index in [9.17, 15) is 0 Å². The normalized spacial score (nSPS) is 10.5. The lowest BCUT2D eigenvalue weighted by Gasteiger charge is -2.09. The van der Waals surface area contributed by atoms with E-state index in [1.54, 1.807) is 6.33 Å². The Bertz CT molecular complexity index is 451. The minimum Gasteiger partial charge on any atom is -0.382 e. The number of hydrogen-bond acceptors (Lipinski definition) is 2. The van der Waals surface area contributed by atoms with Crippen LogP contribution < -0.4 is 5.73 Å². The molecule has 1 heterocycles. The molecule has 0 unspecified atom stereocenters. The number of benzene rings is 1. The number of hydrogen-bond donors (Lipinski definition) is 1. The van der Waals surface area contributed by atoms with Gasteiger partial charge in [0.05, 0.1) is 6.33 Å². The number of aryl methyl sites for hydroxylation is 2. The highest BCUT2D eigenvalue weighted by Gasteiger charge is 2.03. The third-order valence-corrected chi connectivity index (χ3v) is 2.64. The smallest absolute Gasteiger partial charge is 0.141 e. The van der Waals surface area contributed by atoms with Crippen LogP contribution in [0.2, 0.25) is 0 Å². The summed E-state index contributed by atoms with van der Waals surface area (Å²) in [5.74, 6) is 0.571. The van der Waals surface area contributed by atoms with Gasteiger partial charge in [-0.15, -0.1) is 0 Å². The first-order valence-corrected chi connectivity index (χ1v) is 4.99. The number of imidazole rings is 1. The van der Waals surface area contributed by atoms with E-state index in [4.69, 9.17) is 5.73 Å². The predicted octanol–water partition coefficient (Wildman–Crippen LogP) is 2.13. The summed E-state index contributed by atoms with van der Waals surface area (Å²) >= 11 is 0. The molecule has 1 aromatic carbocycles. The minimum absolute atomic E-state index is 0.571. The van der Waals surface area contributed by atoms with Gasteiger partial charge in [-0.1, -0.05) is 18.2 Å². The second kappa shape index (κ2) is 3.77. The summed E-state index contributed by atoms with van der Waals surface area (Å²) in [7, 11) is 0. The van der Waals surface area contributed by atoms with Gasteiger partial charge in [0.25, 0.3) is 0 Å². The third kappa shape index (κ3) is 2.01. The average molecular weight is 201 g/mol. The molecule has 0 amide bonds. The van der Waals surface area contributed by atoms with Gasteiger partial charge in [0.2, 0.25) is 0 Å². The van der Waals surface area contributed by atoms with Crippen molar-refractivity contribution in [3.63, 3.8) is 0 Å². The van der Waals surface area contributed by atoms with Gasteiger partial charge in [0, 0.05) is 12.7 Å². The molecular weight excluding hydrogens is 186 g/mol. The van der Waals surface area contributed by atoms with Gasteiger partial charge in [-0.3, -0.25) is 0 Å². The van der Waals surface area contributed by atoms with Gasteiger partial charge in [-0.25, -0.2) is 4.98 Å². The van der Waals surface area contributed by atoms with E-state index in [2.05, 4.69) is 37.0 Å². The maximum atomic E-state index is 5.58. The number of anilines is 1. The van der Waals surface area contributed by atoms with Crippen molar-refractivity contribution >= 4 is 5.82 Å². The monoisotopic (exact) mass is 201 g/mol. The molecular formula is C12H15N3. The first kappa shape index (κ1) is 9.77. The molecule has 0 atom stereocenters. The summed E-state index contributed by atoms with van der Waals surface area (Å²) in [5.41, 5.74) is 9.53. The van der Waals surface area contributed by atoms with Crippen LogP contribution in [0.4, 0.5) is 5.82 Å². The zero-order valence-electron chi connectivity index (χ0n) is 9.07. The Hall–Kier alpha value is -1.77. The summed E-state index contributed by atoms with van der Waals surface area (Å²) in [6.07, 6.45) is 3.62. The van der Waals surface area contributed by atoms with Crippen molar-refractivity contribution in [2.45, 2.75) is 20.4 Å². The molecule has 3 nitrogen and oxygen atoms in total. The van der Waals surface area contributed by atoms with E-state index in [1.807, 2.05) is 10.8 Å². The lowest BCUT2D eigenvalue weighted by atomic mass is 10.0. The molecule has 1 aromatic heterocycles. The fraction of sp³-hybridized carbons (Fsp3) is 0.250. The van der Waals surface area contributed by atoms with Crippen LogP contribution in [0.15, 0.2) is 30.7 Å². The molecule has 2 N–H and O–H groups in total. The highest BCUT2D eigenvalue weighted by atomic mass is 15.1. The van der Waals surface area contributed by atoms with Crippen molar-refractivity contribution in [2.75, 3.05) is 5.73 Å². The molecule has 0 aliphatic heterocycles. The van der Waals surface area contributed by atoms with E-state index in [-0.39, 0.29) is 0 Å². The van der Waals surface area contributed by atoms with Crippen LogP contribution in [-0.4, -0.2) is 9.55 Å². The maximum Gasteiger partial charge on any atom is 0.141 e. The van der Waals surface area contributed by atoms with Crippen LogP contribution in [0.5, 0.6) is 0 Å². The molecule has 3 heteroatoms. The average Bonchev–Trinajstić information content (AvgIpc) is 2.58. The first-order chi connectivity index (χ1) is 7.16. The van der Waals surface area contributed by atoms with Crippen LogP contribution in [0.3, 0.4) is 0 Å². The zero-order chi connectivity index (χ0) is 10.8. The topological polar surface area (TPSA) is 43.8 Å². The highest BCUT2D eigenvalue weighted by molar-refractivity contribution is 5.34. The van der Waals surface area contributed by atoms with Crippen molar-refractivity contribution in [3.8, 4) is 0 Å². The number of nitrogen functional groups attached to an aromatic ring is 1. The van der Waals surface area contributed by atoms with Gasteiger partial charge in [0.15, 0.2) is 0 Å². The summed E-state index contributed by atoms with van der Waals surface area (Å²) in [5, 5.41) is 0. The summed E-state index contributed by atoms with van der Waals surface area (Å²) in [6.45, 7) is 5.09. The van der Waals surface area contributed by atoms with Gasteiger partial charge in [0.1, 0.15) is 5.82 Å². The molecule has 78 valence electrons. The number of aromatic nitrogens is 2. The summed E-state index contributed by atoms with van der Waals surface area (Å²) in [6, 6.07) is 6.33. The third-order valence-electron chi connectivity index (χ3n) is 2.64. The molecule has 0 saturated heterocycles. The largest absolute Gasteiger partial charge is 0.382 e. The second-order valence-electron chi connectivity index (χ2n) is 3.84. The van der Waals surface area contributed by atoms with E-state index in [1.165, 1.54) is 16.7 Å². The Morgan fingerprint density at radius 2 is 1.93 bits per heavy atom. The molecule has 0 radical (unpaired) electrons. The van der Waals surface area contributed by atoms with Gasteiger partial charge >= 0.3 is 0 Å². The van der Waals surface area contributed by atoms with E-state index in [0.717, 1.165) is 6.54 Å². The standard InChI is InChI=1S/C12H15N3/c1-9-4-3-5-10(2)11(9)6-15-7-12(13)14-8-15/h3-5,7-8H,6,13H2,1-2H3. The molecule has 0 aliphatic rings. The molecule has 2 aromatic rings. The van der Waals surface area contributed by atoms with Crippen LogP contribution in [0, 0.1) is 13.8 Å². The lowest BCUT2D eigenvalue weighted by molar-refractivity contribution is 0.787. The van der Waals surface area contributed by atoms with Gasteiger partial charge < -0.3 is 10.3 Å². The van der Waals surface area contributed by atoms with Crippen LogP contribution in [0.25, 0.3) is 0 Å². The van der Waals surface area contributed by atoms with Crippen molar-refractivity contribution < 1.29 is 0 Å². The summed E-state index contributed by atoms with van der Waals surface area (Å²) in [4.78, 5) is 4.01. The van der Waals surface area contributed by atoms with Crippen LogP contribution in [-0.2, 0) is 6.54 Å². The highest BCUT2D eigenvalue weighted by Crippen LogP contribution is 2.15. The zero-order valence-corrected chi connectivity index (χ0v) is 9.07. The molecule has 0 fully saturated rings. The quantitative estimate of drug-likeness (QED) is 0.808. The predicted molar refractivity (Wildman–Crippen MR) is 61.7 cm³/mol. The lowest BCUT2D eigenvalue weighted by Crippen LogP contribution is -2.01. The van der Waals surface area contributed by atoms with E-state index >= 15 is 0 Å². The Balaban J connectivity index is 2.31. The summed E-state index contributed by atoms with van der Waals surface area (Å²) < 4.78 is 2.00. The second-order valence-corrected chi connectivity index (χ2v) is 3.84. The number of rotatable bonds is 2. The molecule has 0 aliphatic carbocycles. The molecule has 0 spiro atoms. The molecule has 15 heavy (non-hydrogen) atoms. The minimum atomic E-state index is 0.571. The van der Waals surface area contributed by atoms with Crippen molar-refractivity contribution in [3.05, 3.63) is 47.4 Å². The number of nitrogens with zero attached hydrogens (tertiary/aromatic N) is 2. The fourth-order valence-corrected chi connectivity index (χ4v) is 1.74. The van der Waals surface area contributed by atoms with E-state index < -0.39 is 0 Å². The van der Waals surface area contributed by atoms with E-state index in [0.29, 0.717) is 5.82 Å². The Morgan fingerprint density at radius 3 is 2.47 bits per heavy atom. The Kier molecular flexibility index (Phi) is 2.46. The Morgan fingerprint density at radius 1 is 1.27 bits per heavy atom. The molecule has 0 saturated carbocycles. The fourth-order valence-electron chi connectivity index (χ4n) is 1.74. The van der Waals surface area contributed by atoms with Crippen molar-refractivity contribution in [2.24, 2.45) is 0 Å². The van der Waals surface area contributed by atoms with Gasteiger partial charge in [-0.2, -0.15) is 0 Å². The van der Waals surface area contributed by atoms with Crippen molar-refractivity contribution in [1.29, 1.82) is 0 Å². The van der Waals surface area contributed by atoms with Crippen LogP contribution in [0.1, 0.15) is 16.7 Å². The molecule has 2 rings (SSSR count). The van der Waals surface area contributed by atoms with Gasteiger partial charge in [-0.05, 0) is 30.5 Å². The SMILES string of the molecule is Cc1cccc(C)c1Cn1cnc(N)c1.